The molecule has 1 amide bonds. The maximum Gasteiger partial charge on any atom is 0.247 e. The monoisotopic (exact) mass is 377 g/mol. The summed E-state index contributed by atoms with van der Waals surface area (Å²) in [5, 5.41) is 3.10. The van der Waals surface area contributed by atoms with Crippen molar-refractivity contribution in [1.82, 2.24) is 10.2 Å². The molecule has 3 aliphatic rings. The molecule has 2 aromatic carbocycles. The number of rotatable bonds is 3. The Bertz CT molecular complexity index is 875. The summed E-state index contributed by atoms with van der Waals surface area (Å²) in [7, 11) is 1.73. The molecule has 2 saturated heterocycles. The van der Waals surface area contributed by atoms with Gasteiger partial charge < -0.3 is 15.0 Å². The van der Waals surface area contributed by atoms with Crippen LogP contribution in [0, 0.1) is 0 Å². The lowest BCUT2D eigenvalue weighted by Gasteiger charge is -2.45. The highest BCUT2D eigenvalue weighted by Gasteiger charge is 2.51. The number of aryl methyl sites for hydroxylation is 1. The van der Waals surface area contributed by atoms with Crippen LogP contribution in [0.3, 0.4) is 0 Å². The Balaban J connectivity index is 1.36. The summed E-state index contributed by atoms with van der Waals surface area (Å²) in [6, 6.07) is 17.2. The molecule has 1 atom stereocenters. The molecule has 0 bridgehead atoms. The van der Waals surface area contributed by atoms with Crippen molar-refractivity contribution >= 4 is 11.6 Å². The van der Waals surface area contributed by atoms with E-state index in [1.54, 1.807) is 7.11 Å². The fraction of sp³-hybridized carbons (Fsp3) is 0.435. The standard InChI is InChI=1S/C23H27N3O2/c1-28-19-9-7-17-8-10-21(20(17)15-19)25-13-11-23(12-14-25)22(27)24-16-26(23)18-5-3-2-4-6-18/h2-7,9,15,21H,8,10-14,16H2,1H3,(H,24,27). The lowest BCUT2D eigenvalue weighted by Crippen LogP contribution is -2.56. The molecular formula is C23H27N3O2. The van der Waals surface area contributed by atoms with Gasteiger partial charge in [0.2, 0.25) is 5.91 Å². The van der Waals surface area contributed by atoms with Crippen molar-refractivity contribution in [2.45, 2.75) is 37.3 Å². The molecule has 0 radical (unpaired) electrons. The first kappa shape index (κ1) is 17.6. The SMILES string of the molecule is COc1ccc2c(c1)C(N1CCC3(CC1)C(=O)NCN3c1ccccc1)CC2. The van der Waals surface area contributed by atoms with E-state index in [0.29, 0.717) is 12.7 Å². The van der Waals surface area contributed by atoms with E-state index in [1.165, 1.54) is 11.1 Å². The number of piperidine rings is 1. The Morgan fingerprint density at radius 2 is 1.89 bits per heavy atom. The molecule has 5 heteroatoms. The molecule has 2 fully saturated rings. The van der Waals surface area contributed by atoms with Gasteiger partial charge in [0.15, 0.2) is 0 Å². The van der Waals surface area contributed by atoms with Gasteiger partial charge in [-0.15, -0.1) is 0 Å². The summed E-state index contributed by atoms with van der Waals surface area (Å²) in [5.41, 5.74) is 3.57. The molecule has 2 aliphatic heterocycles. The zero-order chi connectivity index (χ0) is 19.1. The predicted molar refractivity (Wildman–Crippen MR) is 110 cm³/mol. The van der Waals surface area contributed by atoms with Gasteiger partial charge in [0.05, 0.1) is 13.8 Å². The number of carbonyl (C=O) groups excluding carboxylic acids is 1. The average molecular weight is 377 g/mol. The van der Waals surface area contributed by atoms with Crippen molar-refractivity contribution in [3.8, 4) is 5.75 Å². The van der Waals surface area contributed by atoms with E-state index in [9.17, 15) is 4.79 Å². The zero-order valence-electron chi connectivity index (χ0n) is 16.4. The number of amides is 1. The molecule has 2 heterocycles. The third kappa shape index (κ3) is 2.68. The lowest BCUT2D eigenvalue weighted by molar-refractivity contribution is -0.125. The van der Waals surface area contributed by atoms with Gasteiger partial charge in [-0.25, -0.2) is 0 Å². The summed E-state index contributed by atoms with van der Waals surface area (Å²) in [5.74, 6) is 1.12. The van der Waals surface area contributed by atoms with E-state index in [-0.39, 0.29) is 5.91 Å². The first-order valence-corrected chi connectivity index (χ1v) is 10.2. The maximum absolute atomic E-state index is 12.9. The van der Waals surface area contributed by atoms with Gasteiger partial charge in [0.25, 0.3) is 0 Å². The highest BCUT2D eigenvalue weighted by atomic mass is 16.5. The number of carbonyl (C=O) groups is 1. The second-order valence-corrected chi connectivity index (χ2v) is 8.11. The summed E-state index contributed by atoms with van der Waals surface area (Å²) in [4.78, 5) is 17.7. The van der Waals surface area contributed by atoms with E-state index in [0.717, 1.165) is 50.2 Å². The first-order valence-electron chi connectivity index (χ1n) is 10.2. The Morgan fingerprint density at radius 3 is 2.64 bits per heavy atom. The van der Waals surface area contributed by atoms with Crippen molar-refractivity contribution in [3.05, 3.63) is 59.7 Å². The van der Waals surface area contributed by atoms with Crippen LogP contribution in [-0.2, 0) is 11.2 Å². The summed E-state index contributed by atoms with van der Waals surface area (Å²) in [6.45, 7) is 2.49. The summed E-state index contributed by atoms with van der Waals surface area (Å²) >= 11 is 0. The third-order valence-corrected chi connectivity index (χ3v) is 6.87. The van der Waals surface area contributed by atoms with Crippen LogP contribution >= 0.6 is 0 Å². The molecule has 1 aliphatic carbocycles. The Hall–Kier alpha value is -2.53. The van der Waals surface area contributed by atoms with Gasteiger partial charge in [-0.2, -0.15) is 0 Å². The maximum atomic E-state index is 12.9. The molecule has 5 rings (SSSR count). The van der Waals surface area contributed by atoms with Crippen molar-refractivity contribution < 1.29 is 9.53 Å². The molecule has 2 aromatic rings. The van der Waals surface area contributed by atoms with Crippen LogP contribution in [0.2, 0.25) is 0 Å². The minimum atomic E-state index is -0.409. The van der Waals surface area contributed by atoms with Crippen LogP contribution in [0.4, 0.5) is 5.69 Å². The smallest absolute Gasteiger partial charge is 0.247 e. The van der Waals surface area contributed by atoms with Crippen molar-refractivity contribution in [1.29, 1.82) is 0 Å². The summed E-state index contributed by atoms with van der Waals surface area (Å²) in [6.07, 6.45) is 4.01. The minimum Gasteiger partial charge on any atom is -0.497 e. The number of para-hydroxylation sites is 1. The molecule has 1 unspecified atom stereocenters. The fourth-order valence-corrected chi connectivity index (χ4v) is 5.30. The van der Waals surface area contributed by atoms with Crippen molar-refractivity contribution in [2.75, 3.05) is 31.8 Å². The normalized spacial score (nSPS) is 23.7. The van der Waals surface area contributed by atoms with Gasteiger partial charge in [0.1, 0.15) is 11.3 Å². The number of fused-ring (bicyclic) bond motifs is 1. The number of methoxy groups -OCH3 is 1. The minimum absolute atomic E-state index is 0.185. The van der Waals surface area contributed by atoms with E-state index in [4.69, 9.17) is 4.74 Å². The van der Waals surface area contributed by atoms with E-state index < -0.39 is 5.54 Å². The van der Waals surface area contributed by atoms with Gasteiger partial charge in [-0.05, 0) is 61.1 Å². The number of likely N-dealkylation sites (tertiary alicyclic amines) is 1. The quantitative estimate of drug-likeness (QED) is 0.893. The highest BCUT2D eigenvalue weighted by molar-refractivity contribution is 5.93. The van der Waals surface area contributed by atoms with Crippen LogP contribution in [0.15, 0.2) is 48.5 Å². The molecule has 0 saturated carbocycles. The Labute approximate surface area is 166 Å². The molecule has 28 heavy (non-hydrogen) atoms. The van der Waals surface area contributed by atoms with Gasteiger partial charge >= 0.3 is 0 Å². The van der Waals surface area contributed by atoms with E-state index in [2.05, 4.69) is 45.4 Å². The van der Waals surface area contributed by atoms with Gasteiger partial charge in [-0.3, -0.25) is 9.69 Å². The highest BCUT2D eigenvalue weighted by Crippen LogP contribution is 2.42. The second kappa shape index (κ2) is 6.82. The number of anilines is 1. The van der Waals surface area contributed by atoms with Crippen LogP contribution in [0.1, 0.15) is 36.4 Å². The topological polar surface area (TPSA) is 44.8 Å². The van der Waals surface area contributed by atoms with Gasteiger partial charge in [-0.1, -0.05) is 24.3 Å². The van der Waals surface area contributed by atoms with E-state index >= 15 is 0 Å². The average Bonchev–Trinajstić information content (AvgIpc) is 3.31. The van der Waals surface area contributed by atoms with Crippen LogP contribution < -0.4 is 15.0 Å². The Morgan fingerprint density at radius 1 is 1.11 bits per heavy atom. The number of nitrogens with one attached hydrogen (secondary N) is 1. The van der Waals surface area contributed by atoms with Crippen LogP contribution in [0.5, 0.6) is 5.75 Å². The predicted octanol–water partition coefficient (Wildman–Crippen LogP) is 3.11. The number of benzene rings is 2. The lowest BCUT2D eigenvalue weighted by atomic mass is 9.84. The molecule has 5 nitrogen and oxygen atoms in total. The number of ether oxygens (including phenoxy) is 1. The Kier molecular flexibility index (Phi) is 4.27. The molecule has 146 valence electrons. The molecule has 1 N–H and O–H groups in total. The fourth-order valence-electron chi connectivity index (χ4n) is 5.30. The second-order valence-electron chi connectivity index (χ2n) is 8.11. The number of nitrogens with zero attached hydrogens (tertiary/aromatic N) is 2. The van der Waals surface area contributed by atoms with Gasteiger partial charge in [0, 0.05) is 24.8 Å². The van der Waals surface area contributed by atoms with Crippen molar-refractivity contribution in [3.63, 3.8) is 0 Å². The van der Waals surface area contributed by atoms with Crippen LogP contribution in [-0.4, -0.2) is 43.2 Å². The third-order valence-electron chi connectivity index (χ3n) is 6.87. The van der Waals surface area contributed by atoms with Crippen LogP contribution in [0.25, 0.3) is 0 Å². The largest absolute Gasteiger partial charge is 0.497 e. The van der Waals surface area contributed by atoms with Crippen molar-refractivity contribution in [2.24, 2.45) is 0 Å². The molecule has 1 spiro atoms. The van der Waals surface area contributed by atoms with E-state index in [1.807, 2.05) is 18.2 Å². The molecule has 0 aromatic heterocycles. The summed E-state index contributed by atoms with van der Waals surface area (Å²) < 4.78 is 5.45. The molecular weight excluding hydrogens is 350 g/mol. The first-order chi connectivity index (χ1) is 13.7. The number of hydrogen-bond acceptors (Lipinski definition) is 4. The zero-order valence-corrected chi connectivity index (χ0v) is 16.4. The number of hydrogen-bond donors (Lipinski definition) is 1.